The summed E-state index contributed by atoms with van der Waals surface area (Å²) in [6.07, 6.45) is 0. The van der Waals surface area contributed by atoms with E-state index in [1.54, 1.807) is 30.3 Å². The number of aromatic nitrogens is 2. The van der Waals surface area contributed by atoms with Gasteiger partial charge < -0.3 is 10.2 Å². The fraction of sp³-hybridized carbons (Fsp3) is 0.100. The molecule has 1 aliphatic rings. The largest absolute Gasteiger partial charge is 0.337 e. The molecule has 0 aliphatic carbocycles. The van der Waals surface area contributed by atoms with Crippen molar-refractivity contribution in [2.45, 2.75) is 0 Å². The summed E-state index contributed by atoms with van der Waals surface area (Å²) >= 11 is 5.92. The summed E-state index contributed by atoms with van der Waals surface area (Å²) in [5.41, 5.74) is 2.16. The summed E-state index contributed by atoms with van der Waals surface area (Å²) in [7, 11) is 0. The first-order valence-corrected chi connectivity index (χ1v) is 8.96. The van der Waals surface area contributed by atoms with Crippen LogP contribution in [-0.4, -0.2) is 39.7 Å². The molecule has 3 aromatic rings. The highest BCUT2D eigenvalue weighted by Crippen LogP contribution is 2.27. The fourth-order valence-electron chi connectivity index (χ4n) is 3.03. The van der Waals surface area contributed by atoms with Crippen LogP contribution in [0, 0.1) is 17.1 Å². The van der Waals surface area contributed by atoms with Crippen molar-refractivity contribution in [1.82, 2.24) is 20.0 Å². The summed E-state index contributed by atoms with van der Waals surface area (Å²) in [5, 5.41) is 16.1. The van der Waals surface area contributed by atoms with Gasteiger partial charge in [-0.15, -0.1) is 0 Å². The van der Waals surface area contributed by atoms with E-state index in [0.717, 1.165) is 0 Å². The van der Waals surface area contributed by atoms with Crippen molar-refractivity contribution < 1.29 is 14.0 Å². The Labute approximate surface area is 169 Å². The maximum absolute atomic E-state index is 13.6. The number of carbonyl (C=O) groups is 2. The van der Waals surface area contributed by atoms with Gasteiger partial charge in [0, 0.05) is 5.56 Å². The predicted molar refractivity (Wildman–Crippen MR) is 103 cm³/mol. The molecule has 2 amide bonds. The monoisotopic (exact) mass is 409 g/mol. The van der Waals surface area contributed by atoms with Gasteiger partial charge in [0.1, 0.15) is 12.4 Å². The molecular weight excluding hydrogens is 397 g/mol. The standard InChI is InChI=1S/C20H13ClFN5O2/c21-15-7-14(4-5-16(15)22)27-18(13-3-1-2-12(6-13)9-23)8-17(25-27)20(29)26-10-19(28)24-11-26/h1-8H,10-11H2,(H,24,28). The van der Waals surface area contributed by atoms with Gasteiger partial charge in [-0.05, 0) is 36.4 Å². The van der Waals surface area contributed by atoms with Crippen molar-refractivity contribution in [2.24, 2.45) is 0 Å². The molecule has 0 bridgehead atoms. The van der Waals surface area contributed by atoms with Crippen molar-refractivity contribution in [3.05, 3.63) is 70.6 Å². The molecule has 144 valence electrons. The molecule has 1 aliphatic heterocycles. The first-order chi connectivity index (χ1) is 14.0. The molecule has 1 fully saturated rings. The van der Waals surface area contributed by atoms with Crippen molar-refractivity contribution >= 4 is 23.4 Å². The number of halogens is 2. The van der Waals surface area contributed by atoms with E-state index in [1.807, 2.05) is 0 Å². The van der Waals surface area contributed by atoms with Gasteiger partial charge in [0.25, 0.3) is 5.91 Å². The second-order valence-corrected chi connectivity index (χ2v) is 6.79. The Morgan fingerprint density at radius 1 is 1.24 bits per heavy atom. The maximum atomic E-state index is 13.6. The highest BCUT2D eigenvalue weighted by molar-refractivity contribution is 6.30. The van der Waals surface area contributed by atoms with Crippen LogP contribution < -0.4 is 5.32 Å². The van der Waals surface area contributed by atoms with Crippen LogP contribution in [0.15, 0.2) is 48.5 Å². The molecule has 0 unspecified atom stereocenters. The second kappa shape index (κ2) is 7.37. The molecule has 2 aromatic carbocycles. The molecule has 2 heterocycles. The summed E-state index contributed by atoms with van der Waals surface area (Å²) in [6.45, 7) is 0.0550. The molecule has 0 atom stereocenters. The quantitative estimate of drug-likeness (QED) is 0.720. The lowest BCUT2D eigenvalue weighted by molar-refractivity contribution is -0.118. The number of nitrogens with zero attached hydrogens (tertiary/aromatic N) is 4. The number of benzene rings is 2. The number of hydrogen-bond acceptors (Lipinski definition) is 4. The SMILES string of the molecule is N#Cc1cccc(-c2cc(C(=O)N3CNC(=O)C3)nn2-c2ccc(F)c(Cl)c2)c1. The molecule has 4 rings (SSSR count). The van der Waals surface area contributed by atoms with Gasteiger partial charge in [-0.3, -0.25) is 9.59 Å². The number of hydrogen-bond donors (Lipinski definition) is 1. The second-order valence-electron chi connectivity index (χ2n) is 6.38. The van der Waals surface area contributed by atoms with Crippen LogP contribution in [0.5, 0.6) is 0 Å². The summed E-state index contributed by atoms with van der Waals surface area (Å²) in [4.78, 5) is 25.6. The van der Waals surface area contributed by atoms with E-state index in [-0.39, 0.29) is 29.8 Å². The molecule has 0 spiro atoms. The van der Waals surface area contributed by atoms with Crippen molar-refractivity contribution in [3.8, 4) is 23.0 Å². The zero-order valence-corrected chi connectivity index (χ0v) is 15.7. The van der Waals surface area contributed by atoms with E-state index in [4.69, 9.17) is 11.6 Å². The topological polar surface area (TPSA) is 91.0 Å². The van der Waals surface area contributed by atoms with E-state index in [9.17, 15) is 19.2 Å². The first kappa shape index (κ1) is 18.7. The average molecular weight is 410 g/mol. The minimum absolute atomic E-state index is 0.0483. The van der Waals surface area contributed by atoms with E-state index in [0.29, 0.717) is 22.5 Å². The van der Waals surface area contributed by atoms with Crippen LogP contribution in [0.2, 0.25) is 5.02 Å². The Bertz CT molecular complexity index is 1180. The van der Waals surface area contributed by atoms with Crippen LogP contribution in [0.4, 0.5) is 4.39 Å². The number of rotatable bonds is 3. The predicted octanol–water partition coefficient (Wildman–Crippen LogP) is 2.73. The molecule has 9 heteroatoms. The Hall–Kier alpha value is -3.70. The molecule has 29 heavy (non-hydrogen) atoms. The Morgan fingerprint density at radius 3 is 2.76 bits per heavy atom. The molecule has 0 saturated carbocycles. The Morgan fingerprint density at radius 2 is 2.07 bits per heavy atom. The molecule has 1 saturated heterocycles. The molecule has 0 radical (unpaired) electrons. The van der Waals surface area contributed by atoms with Gasteiger partial charge in [0.15, 0.2) is 5.69 Å². The smallest absolute Gasteiger partial charge is 0.276 e. The number of carbonyl (C=O) groups excluding carboxylic acids is 2. The average Bonchev–Trinajstić information content (AvgIpc) is 3.36. The van der Waals surface area contributed by atoms with E-state index < -0.39 is 11.7 Å². The number of nitriles is 1. The van der Waals surface area contributed by atoms with Crippen LogP contribution in [0.25, 0.3) is 16.9 Å². The van der Waals surface area contributed by atoms with Crippen LogP contribution >= 0.6 is 11.6 Å². The molecular formula is C20H13ClFN5O2. The molecule has 1 aromatic heterocycles. The lowest BCUT2D eigenvalue weighted by Crippen LogP contribution is -2.30. The normalized spacial score (nSPS) is 13.3. The maximum Gasteiger partial charge on any atom is 0.276 e. The van der Waals surface area contributed by atoms with E-state index in [2.05, 4.69) is 16.5 Å². The van der Waals surface area contributed by atoms with Gasteiger partial charge in [0.2, 0.25) is 5.91 Å². The zero-order chi connectivity index (χ0) is 20.5. The van der Waals surface area contributed by atoms with Crippen molar-refractivity contribution in [3.63, 3.8) is 0 Å². The summed E-state index contributed by atoms with van der Waals surface area (Å²) in [6, 6.07) is 14.5. The minimum atomic E-state index is -0.575. The fourth-order valence-corrected chi connectivity index (χ4v) is 3.20. The van der Waals surface area contributed by atoms with Gasteiger partial charge >= 0.3 is 0 Å². The number of nitrogens with one attached hydrogen (secondary N) is 1. The Kier molecular flexibility index (Phi) is 4.74. The lowest BCUT2D eigenvalue weighted by atomic mass is 10.1. The first-order valence-electron chi connectivity index (χ1n) is 8.58. The third-order valence-corrected chi connectivity index (χ3v) is 4.74. The van der Waals surface area contributed by atoms with Crippen molar-refractivity contribution in [2.75, 3.05) is 13.2 Å². The number of amides is 2. The zero-order valence-electron chi connectivity index (χ0n) is 14.9. The third-order valence-electron chi connectivity index (χ3n) is 4.45. The van der Waals surface area contributed by atoms with Gasteiger partial charge in [0.05, 0.1) is 34.7 Å². The minimum Gasteiger partial charge on any atom is -0.337 e. The van der Waals surface area contributed by atoms with Crippen LogP contribution in [0.1, 0.15) is 16.1 Å². The van der Waals surface area contributed by atoms with Crippen LogP contribution in [0.3, 0.4) is 0 Å². The van der Waals surface area contributed by atoms with Gasteiger partial charge in [-0.1, -0.05) is 23.7 Å². The van der Waals surface area contributed by atoms with Crippen LogP contribution in [-0.2, 0) is 4.79 Å². The highest BCUT2D eigenvalue weighted by Gasteiger charge is 2.27. The molecule has 7 nitrogen and oxygen atoms in total. The van der Waals surface area contributed by atoms with Gasteiger partial charge in [-0.2, -0.15) is 10.4 Å². The van der Waals surface area contributed by atoms with E-state index in [1.165, 1.54) is 27.8 Å². The lowest BCUT2D eigenvalue weighted by Gasteiger charge is -2.10. The van der Waals surface area contributed by atoms with Crippen molar-refractivity contribution in [1.29, 1.82) is 5.26 Å². The van der Waals surface area contributed by atoms with Gasteiger partial charge in [-0.25, -0.2) is 9.07 Å². The highest BCUT2D eigenvalue weighted by atomic mass is 35.5. The molecule has 1 N–H and O–H groups in total. The Balaban J connectivity index is 1.84. The van der Waals surface area contributed by atoms with E-state index >= 15 is 0 Å². The summed E-state index contributed by atoms with van der Waals surface area (Å²) in [5.74, 6) is -1.24. The third kappa shape index (κ3) is 3.56. The summed E-state index contributed by atoms with van der Waals surface area (Å²) < 4.78 is 15.1.